The molecule has 1 fully saturated rings. The minimum Gasteiger partial charge on any atom is -0.378 e. The number of aryl methyl sites for hydroxylation is 1. The molecule has 2 N–H and O–H groups in total. The summed E-state index contributed by atoms with van der Waals surface area (Å²) in [6.45, 7) is 13.2. The van der Waals surface area contributed by atoms with E-state index in [9.17, 15) is 4.79 Å². The Hall–Kier alpha value is -2.38. The summed E-state index contributed by atoms with van der Waals surface area (Å²) in [5.74, 6) is 1.52. The van der Waals surface area contributed by atoms with E-state index >= 15 is 0 Å². The number of anilines is 1. The highest BCUT2D eigenvalue weighted by molar-refractivity contribution is 5.94. The van der Waals surface area contributed by atoms with Crippen molar-refractivity contribution in [1.29, 1.82) is 0 Å². The largest absolute Gasteiger partial charge is 0.378 e. The first-order valence-electron chi connectivity index (χ1n) is 11.4. The Balaban J connectivity index is 1.70. The van der Waals surface area contributed by atoms with Crippen molar-refractivity contribution in [3.63, 3.8) is 0 Å². The molecule has 2 aromatic rings. The first kappa shape index (κ1) is 23.3. The van der Waals surface area contributed by atoms with Gasteiger partial charge in [0.15, 0.2) is 0 Å². The summed E-state index contributed by atoms with van der Waals surface area (Å²) >= 11 is 0. The maximum Gasteiger partial charge on any atom is 0.251 e. The number of carbonyl (C=O) groups is 1. The van der Waals surface area contributed by atoms with E-state index in [2.05, 4.69) is 42.4 Å². The number of amides is 1. The molecule has 1 aromatic heterocycles. The number of benzene rings is 1. The van der Waals surface area contributed by atoms with E-state index in [0.29, 0.717) is 18.0 Å². The number of hydrogen-bond acceptors (Lipinski definition) is 5. The smallest absolute Gasteiger partial charge is 0.251 e. The Morgan fingerprint density at radius 2 is 1.94 bits per heavy atom. The van der Waals surface area contributed by atoms with Crippen molar-refractivity contribution in [2.45, 2.75) is 59.2 Å². The minimum atomic E-state index is -0.0137. The van der Waals surface area contributed by atoms with Crippen LogP contribution in [0.2, 0.25) is 0 Å². The van der Waals surface area contributed by atoms with Crippen LogP contribution >= 0.6 is 0 Å². The molecule has 170 valence electrons. The van der Waals surface area contributed by atoms with Crippen molar-refractivity contribution in [2.24, 2.45) is 7.05 Å². The van der Waals surface area contributed by atoms with E-state index in [4.69, 9.17) is 9.84 Å². The molecule has 0 aliphatic carbocycles. The third-order valence-electron chi connectivity index (χ3n) is 5.81. The first-order chi connectivity index (χ1) is 14.9. The Labute approximate surface area is 186 Å². The lowest BCUT2D eigenvalue weighted by atomic mass is 10.0. The molecular weight excluding hydrogens is 390 g/mol. The molecule has 0 radical (unpaired) electrons. The molecule has 1 aliphatic heterocycles. The Bertz CT molecular complexity index is 871. The standard InChI is InChI=1S/C24H37N5O2/c1-6-18(4)26-23(30)20-9-7-8-19(14-20)15-25-16-21-22(17(2)3)27-28(5)24(21)29-10-12-31-13-11-29/h7-9,14,17-18,25H,6,10-13,15-16H2,1-5H3,(H,26,30). The maximum atomic E-state index is 12.4. The monoisotopic (exact) mass is 427 g/mol. The van der Waals surface area contributed by atoms with Crippen molar-refractivity contribution in [2.75, 3.05) is 31.2 Å². The first-order valence-corrected chi connectivity index (χ1v) is 11.4. The molecule has 2 heterocycles. The van der Waals surface area contributed by atoms with Gasteiger partial charge in [-0.05, 0) is 37.0 Å². The summed E-state index contributed by atoms with van der Waals surface area (Å²) in [4.78, 5) is 14.8. The quantitative estimate of drug-likeness (QED) is 0.643. The van der Waals surface area contributed by atoms with Gasteiger partial charge >= 0.3 is 0 Å². The van der Waals surface area contributed by atoms with Crippen LogP contribution in [0.25, 0.3) is 0 Å². The van der Waals surface area contributed by atoms with Crippen LogP contribution in [0.1, 0.15) is 67.2 Å². The highest BCUT2D eigenvalue weighted by atomic mass is 16.5. The Morgan fingerprint density at radius 3 is 2.61 bits per heavy atom. The van der Waals surface area contributed by atoms with E-state index in [1.54, 1.807) is 0 Å². The van der Waals surface area contributed by atoms with Crippen LogP contribution in [0.15, 0.2) is 24.3 Å². The van der Waals surface area contributed by atoms with Crippen molar-refractivity contribution >= 4 is 11.7 Å². The average molecular weight is 428 g/mol. The lowest BCUT2D eigenvalue weighted by molar-refractivity contribution is 0.0939. The lowest BCUT2D eigenvalue weighted by Crippen LogP contribution is -2.38. The fourth-order valence-electron chi connectivity index (χ4n) is 3.95. The Kier molecular flexibility index (Phi) is 8.09. The number of hydrogen-bond donors (Lipinski definition) is 2. The van der Waals surface area contributed by atoms with Crippen LogP contribution in [0.3, 0.4) is 0 Å². The molecule has 1 atom stereocenters. The molecule has 1 aliphatic rings. The van der Waals surface area contributed by atoms with Gasteiger partial charge in [-0.25, -0.2) is 0 Å². The molecule has 1 saturated heterocycles. The van der Waals surface area contributed by atoms with E-state index in [1.165, 1.54) is 11.4 Å². The second kappa shape index (κ2) is 10.8. The minimum absolute atomic E-state index is 0.0137. The van der Waals surface area contributed by atoms with Crippen LogP contribution in [0.4, 0.5) is 5.82 Å². The fourth-order valence-corrected chi connectivity index (χ4v) is 3.95. The molecular formula is C24H37N5O2. The number of nitrogens with zero attached hydrogens (tertiary/aromatic N) is 3. The van der Waals surface area contributed by atoms with Gasteiger partial charge in [0, 0.05) is 50.4 Å². The number of rotatable bonds is 9. The molecule has 1 unspecified atom stereocenters. The van der Waals surface area contributed by atoms with Gasteiger partial charge in [0.1, 0.15) is 5.82 Å². The average Bonchev–Trinajstić information content (AvgIpc) is 3.10. The summed E-state index contributed by atoms with van der Waals surface area (Å²) in [5, 5.41) is 11.4. The molecule has 7 nitrogen and oxygen atoms in total. The second-order valence-electron chi connectivity index (χ2n) is 8.65. The highest BCUT2D eigenvalue weighted by Gasteiger charge is 2.24. The van der Waals surface area contributed by atoms with Crippen LogP contribution < -0.4 is 15.5 Å². The zero-order valence-corrected chi connectivity index (χ0v) is 19.6. The van der Waals surface area contributed by atoms with Gasteiger partial charge in [0.05, 0.1) is 18.9 Å². The fraction of sp³-hybridized carbons (Fsp3) is 0.583. The van der Waals surface area contributed by atoms with E-state index in [0.717, 1.165) is 50.5 Å². The second-order valence-corrected chi connectivity index (χ2v) is 8.65. The zero-order chi connectivity index (χ0) is 22.4. The molecule has 3 rings (SSSR count). The third kappa shape index (κ3) is 5.86. The summed E-state index contributed by atoms with van der Waals surface area (Å²) < 4.78 is 7.55. The Morgan fingerprint density at radius 1 is 1.19 bits per heavy atom. The van der Waals surface area contributed by atoms with Gasteiger partial charge in [-0.2, -0.15) is 5.10 Å². The number of nitrogens with one attached hydrogen (secondary N) is 2. The molecule has 0 bridgehead atoms. The SMILES string of the molecule is CCC(C)NC(=O)c1cccc(CNCc2c(C(C)C)nn(C)c2N2CCOCC2)c1. The van der Waals surface area contributed by atoms with Crippen molar-refractivity contribution in [1.82, 2.24) is 20.4 Å². The lowest BCUT2D eigenvalue weighted by Gasteiger charge is -2.29. The number of carbonyl (C=O) groups excluding carboxylic acids is 1. The molecule has 1 amide bonds. The van der Waals surface area contributed by atoms with E-state index < -0.39 is 0 Å². The summed E-state index contributed by atoms with van der Waals surface area (Å²) in [5.41, 5.74) is 4.20. The van der Waals surface area contributed by atoms with Crippen molar-refractivity contribution < 1.29 is 9.53 Å². The number of aromatic nitrogens is 2. The third-order valence-corrected chi connectivity index (χ3v) is 5.81. The van der Waals surface area contributed by atoms with Crippen LogP contribution in [0.5, 0.6) is 0 Å². The molecule has 7 heteroatoms. The summed E-state index contributed by atoms with van der Waals surface area (Å²) in [6.07, 6.45) is 0.918. The molecule has 31 heavy (non-hydrogen) atoms. The molecule has 0 spiro atoms. The maximum absolute atomic E-state index is 12.4. The van der Waals surface area contributed by atoms with Crippen molar-refractivity contribution in [3.05, 3.63) is 46.6 Å². The normalized spacial score (nSPS) is 15.4. The number of ether oxygens (including phenoxy) is 1. The van der Waals surface area contributed by atoms with Crippen molar-refractivity contribution in [3.8, 4) is 0 Å². The number of morpholine rings is 1. The van der Waals surface area contributed by atoms with Crippen LogP contribution in [-0.2, 0) is 24.9 Å². The van der Waals surface area contributed by atoms with Gasteiger partial charge in [-0.1, -0.05) is 32.9 Å². The predicted molar refractivity (Wildman–Crippen MR) is 125 cm³/mol. The molecule has 0 saturated carbocycles. The van der Waals surface area contributed by atoms with Gasteiger partial charge < -0.3 is 20.3 Å². The molecule has 1 aromatic carbocycles. The summed E-state index contributed by atoms with van der Waals surface area (Å²) in [7, 11) is 2.03. The van der Waals surface area contributed by atoms with E-state index in [1.807, 2.05) is 36.9 Å². The van der Waals surface area contributed by atoms with Gasteiger partial charge in [-0.3, -0.25) is 9.48 Å². The van der Waals surface area contributed by atoms with Gasteiger partial charge in [0.2, 0.25) is 0 Å². The van der Waals surface area contributed by atoms with E-state index in [-0.39, 0.29) is 11.9 Å². The predicted octanol–water partition coefficient (Wildman–Crippen LogP) is 3.20. The van der Waals surface area contributed by atoms with Gasteiger partial charge in [-0.15, -0.1) is 0 Å². The zero-order valence-electron chi connectivity index (χ0n) is 19.6. The summed E-state index contributed by atoms with van der Waals surface area (Å²) in [6, 6.07) is 8.02. The topological polar surface area (TPSA) is 71.4 Å². The van der Waals surface area contributed by atoms with Crippen LogP contribution in [-0.4, -0.2) is 48.0 Å². The van der Waals surface area contributed by atoms with Gasteiger partial charge in [0.25, 0.3) is 5.91 Å². The highest BCUT2D eigenvalue weighted by Crippen LogP contribution is 2.29. The van der Waals surface area contributed by atoms with Crippen LogP contribution in [0, 0.1) is 0 Å².